The van der Waals surface area contributed by atoms with Gasteiger partial charge >= 0.3 is 0 Å². The third-order valence-corrected chi connectivity index (χ3v) is 3.74. The van der Waals surface area contributed by atoms with Crippen LogP contribution in [-0.2, 0) is 9.59 Å². The first kappa shape index (κ1) is 10.5. The lowest BCUT2D eigenvalue weighted by molar-refractivity contribution is -0.124. The van der Waals surface area contributed by atoms with Gasteiger partial charge in [-0.1, -0.05) is 17.7 Å². The van der Waals surface area contributed by atoms with Gasteiger partial charge in [0.05, 0.1) is 17.5 Å². The molecule has 1 aliphatic carbocycles. The molecule has 1 saturated heterocycles. The van der Waals surface area contributed by atoms with Crippen LogP contribution in [0.1, 0.15) is 5.56 Å². The number of benzene rings is 1. The van der Waals surface area contributed by atoms with Crippen molar-refractivity contribution in [3.05, 3.63) is 29.8 Å². The first-order valence-electron chi connectivity index (χ1n) is 5.79. The summed E-state index contributed by atoms with van der Waals surface area (Å²) in [6.07, 6.45) is 0. The molecule has 2 atom stereocenters. The number of piperidine rings is 1. The van der Waals surface area contributed by atoms with Crippen LogP contribution < -0.4 is 10.6 Å². The number of hydrogen-bond acceptors (Lipinski definition) is 3. The van der Waals surface area contributed by atoms with Gasteiger partial charge in [0, 0.05) is 0 Å². The Hall–Kier alpha value is -1.68. The smallest absolute Gasteiger partial charge is 0.238 e. The number of nitrogens with two attached hydrogens (primary N) is 1. The summed E-state index contributed by atoms with van der Waals surface area (Å²) in [6, 6.07) is 7.43. The van der Waals surface area contributed by atoms with Gasteiger partial charge in [0.15, 0.2) is 0 Å². The molecule has 88 valence electrons. The highest BCUT2D eigenvalue weighted by Gasteiger charge is 2.66. The van der Waals surface area contributed by atoms with E-state index in [9.17, 15) is 9.59 Å². The molecule has 2 aliphatic rings. The summed E-state index contributed by atoms with van der Waals surface area (Å²) < 4.78 is 0. The number of imide groups is 1. The largest absolute Gasteiger partial charge is 0.330 e. The monoisotopic (exact) mass is 230 g/mol. The summed E-state index contributed by atoms with van der Waals surface area (Å²) in [6.45, 7) is 2.40. The van der Waals surface area contributed by atoms with Crippen LogP contribution in [-0.4, -0.2) is 18.4 Å². The third-order valence-electron chi connectivity index (χ3n) is 3.74. The Morgan fingerprint density at radius 1 is 1.12 bits per heavy atom. The average molecular weight is 230 g/mol. The van der Waals surface area contributed by atoms with Gasteiger partial charge in [-0.15, -0.1) is 0 Å². The highest BCUT2D eigenvalue weighted by atomic mass is 16.2. The Balaban J connectivity index is 1.90. The van der Waals surface area contributed by atoms with Crippen molar-refractivity contribution >= 4 is 17.5 Å². The van der Waals surface area contributed by atoms with Crippen LogP contribution in [0.4, 0.5) is 5.69 Å². The number of nitrogens with zero attached hydrogens (tertiary/aromatic N) is 1. The highest BCUT2D eigenvalue weighted by Crippen LogP contribution is 2.53. The summed E-state index contributed by atoms with van der Waals surface area (Å²) in [4.78, 5) is 25.4. The van der Waals surface area contributed by atoms with Crippen LogP contribution >= 0.6 is 0 Å². The van der Waals surface area contributed by atoms with E-state index in [4.69, 9.17) is 5.73 Å². The van der Waals surface area contributed by atoms with Crippen molar-refractivity contribution in [2.75, 3.05) is 11.4 Å². The Kier molecular flexibility index (Phi) is 2.10. The van der Waals surface area contributed by atoms with Gasteiger partial charge in [0.25, 0.3) is 0 Å². The zero-order valence-corrected chi connectivity index (χ0v) is 9.59. The van der Waals surface area contributed by atoms with Crippen molar-refractivity contribution in [3.8, 4) is 0 Å². The highest BCUT2D eigenvalue weighted by molar-refractivity contribution is 6.25. The molecule has 1 aromatic carbocycles. The summed E-state index contributed by atoms with van der Waals surface area (Å²) >= 11 is 0. The Morgan fingerprint density at radius 2 is 1.65 bits per heavy atom. The minimum Gasteiger partial charge on any atom is -0.330 e. The summed E-state index contributed by atoms with van der Waals surface area (Å²) in [5, 5.41) is 0. The van der Waals surface area contributed by atoms with Gasteiger partial charge in [-0.05, 0) is 31.5 Å². The molecule has 1 heterocycles. The standard InChI is InChI=1S/C13H14N2O2/c1-7-2-4-8(5-3-7)15-12(16)10-9(6-14)11(10)13(15)17/h2-5,9-11H,6,14H2,1H3. The molecule has 4 heteroatoms. The number of hydrogen-bond donors (Lipinski definition) is 1. The summed E-state index contributed by atoms with van der Waals surface area (Å²) in [7, 11) is 0. The number of carbonyl (C=O) groups is 2. The fourth-order valence-corrected chi connectivity index (χ4v) is 2.70. The topological polar surface area (TPSA) is 63.4 Å². The van der Waals surface area contributed by atoms with Crippen LogP contribution in [0.25, 0.3) is 0 Å². The zero-order valence-electron chi connectivity index (χ0n) is 9.59. The van der Waals surface area contributed by atoms with Crippen LogP contribution in [0.5, 0.6) is 0 Å². The van der Waals surface area contributed by atoms with Crippen molar-refractivity contribution in [2.45, 2.75) is 6.92 Å². The molecule has 2 amide bonds. The second kappa shape index (κ2) is 3.40. The molecule has 0 aromatic heterocycles. The Morgan fingerprint density at radius 3 is 2.12 bits per heavy atom. The van der Waals surface area contributed by atoms with E-state index in [2.05, 4.69) is 0 Å². The van der Waals surface area contributed by atoms with Crippen LogP contribution in [0.15, 0.2) is 24.3 Å². The van der Waals surface area contributed by atoms with E-state index in [0.717, 1.165) is 5.56 Å². The normalized spacial score (nSPS) is 30.7. The quantitative estimate of drug-likeness (QED) is 0.760. The van der Waals surface area contributed by atoms with Gasteiger partial charge in [0.1, 0.15) is 0 Å². The molecule has 2 unspecified atom stereocenters. The molecule has 3 rings (SSSR count). The van der Waals surface area contributed by atoms with Gasteiger partial charge in [-0.2, -0.15) is 0 Å². The van der Waals surface area contributed by atoms with E-state index in [1.807, 2.05) is 31.2 Å². The first-order chi connectivity index (χ1) is 8.15. The fraction of sp³-hybridized carbons (Fsp3) is 0.385. The molecule has 1 aliphatic heterocycles. The van der Waals surface area contributed by atoms with E-state index in [0.29, 0.717) is 12.2 Å². The van der Waals surface area contributed by atoms with Gasteiger partial charge < -0.3 is 5.73 Å². The van der Waals surface area contributed by atoms with Crippen molar-refractivity contribution < 1.29 is 9.59 Å². The van der Waals surface area contributed by atoms with Crippen molar-refractivity contribution in [3.63, 3.8) is 0 Å². The molecule has 2 fully saturated rings. The predicted molar refractivity (Wildman–Crippen MR) is 63.2 cm³/mol. The van der Waals surface area contributed by atoms with Gasteiger partial charge in [-0.3, -0.25) is 14.5 Å². The molecule has 1 aromatic rings. The van der Waals surface area contributed by atoms with Crippen molar-refractivity contribution in [1.29, 1.82) is 0 Å². The maximum atomic E-state index is 12.1. The number of carbonyl (C=O) groups excluding carboxylic acids is 2. The Labute approximate surface area is 99.4 Å². The molecule has 2 N–H and O–H groups in total. The molecule has 0 radical (unpaired) electrons. The second-order valence-corrected chi connectivity index (χ2v) is 4.80. The van der Waals surface area contributed by atoms with Gasteiger partial charge in [-0.25, -0.2) is 0 Å². The van der Waals surface area contributed by atoms with Crippen LogP contribution in [0, 0.1) is 24.7 Å². The second-order valence-electron chi connectivity index (χ2n) is 4.80. The number of fused-ring (bicyclic) bond motifs is 1. The molecule has 1 saturated carbocycles. The van der Waals surface area contributed by atoms with E-state index in [-0.39, 0.29) is 29.6 Å². The van der Waals surface area contributed by atoms with Crippen LogP contribution in [0.2, 0.25) is 0 Å². The first-order valence-corrected chi connectivity index (χ1v) is 5.79. The zero-order chi connectivity index (χ0) is 12.2. The molecule has 0 bridgehead atoms. The van der Waals surface area contributed by atoms with E-state index in [1.165, 1.54) is 4.90 Å². The third kappa shape index (κ3) is 1.34. The number of rotatable bonds is 2. The minimum atomic E-state index is -0.159. The Bertz CT molecular complexity index is 473. The van der Waals surface area contributed by atoms with E-state index in [1.54, 1.807) is 0 Å². The lowest BCUT2D eigenvalue weighted by atomic mass is 10.2. The molecule has 0 spiro atoms. The molecular weight excluding hydrogens is 216 g/mol. The minimum absolute atomic E-state index is 0.0803. The number of amides is 2. The average Bonchev–Trinajstić information content (AvgIpc) is 2.99. The SMILES string of the molecule is Cc1ccc(N2C(=O)C3C(CN)C3C2=O)cc1. The maximum Gasteiger partial charge on any atom is 0.238 e. The summed E-state index contributed by atoms with van der Waals surface area (Å²) in [5.74, 6) is -0.405. The molecule has 4 nitrogen and oxygen atoms in total. The lowest BCUT2D eigenvalue weighted by Gasteiger charge is -2.18. The van der Waals surface area contributed by atoms with E-state index >= 15 is 0 Å². The van der Waals surface area contributed by atoms with Crippen LogP contribution in [0.3, 0.4) is 0 Å². The molecular formula is C13H14N2O2. The maximum absolute atomic E-state index is 12.1. The predicted octanol–water partition coefficient (Wildman–Crippen LogP) is 0.689. The number of anilines is 1. The van der Waals surface area contributed by atoms with Crippen molar-refractivity contribution in [2.24, 2.45) is 23.5 Å². The fourth-order valence-electron chi connectivity index (χ4n) is 2.70. The number of aryl methyl sites for hydroxylation is 1. The summed E-state index contributed by atoms with van der Waals surface area (Å²) in [5.41, 5.74) is 7.31. The van der Waals surface area contributed by atoms with Crippen molar-refractivity contribution in [1.82, 2.24) is 0 Å². The molecule has 17 heavy (non-hydrogen) atoms. The lowest BCUT2D eigenvalue weighted by Crippen LogP contribution is -2.35. The van der Waals surface area contributed by atoms with Gasteiger partial charge in [0.2, 0.25) is 11.8 Å². The van der Waals surface area contributed by atoms with E-state index < -0.39 is 0 Å².